The zero-order valence-corrected chi connectivity index (χ0v) is 15.7. The van der Waals surface area contributed by atoms with E-state index in [9.17, 15) is 4.79 Å². The zero-order chi connectivity index (χ0) is 18.4. The van der Waals surface area contributed by atoms with Crippen molar-refractivity contribution in [2.75, 3.05) is 23.3 Å². The van der Waals surface area contributed by atoms with Crippen molar-refractivity contribution in [2.24, 2.45) is 7.05 Å². The lowest BCUT2D eigenvalue weighted by atomic mass is 10.1. The van der Waals surface area contributed by atoms with Gasteiger partial charge in [-0.05, 0) is 37.5 Å². The molecule has 1 amide bonds. The van der Waals surface area contributed by atoms with Crippen LogP contribution in [-0.4, -0.2) is 34.8 Å². The summed E-state index contributed by atoms with van der Waals surface area (Å²) in [5.41, 5.74) is 3.14. The number of nitrogens with zero attached hydrogens (tertiary/aromatic N) is 3. The number of hydrogen-bond acceptors (Lipinski definition) is 4. The molecule has 2 aromatic rings. The van der Waals surface area contributed by atoms with Gasteiger partial charge in [0.2, 0.25) is 5.91 Å². The average molecular weight is 355 g/mol. The summed E-state index contributed by atoms with van der Waals surface area (Å²) in [7, 11) is 1.90. The number of benzene rings is 1. The van der Waals surface area contributed by atoms with E-state index in [2.05, 4.69) is 39.7 Å². The number of amides is 1. The minimum atomic E-state index is -0.212. The summed E-state index contributed by atoms with van der Waals surface area (Å²) < 4.78 is 1.77. The van der Waals surface area contributed by atoms with Crippen molar-refractivity contribution in [3.8, 4) is 0 Å². The highest BCUT2D eigenvalue weighted by atomic mass is 16.2. The summed E-state index contributed by atoms with van der Waals surface area (Å²) >= 11 is 0. The van der Waals surface area contributed by atoms with Gasteiger partial charge in [-0.1, -0.05) is 19.4 Å². The van der Waals surface area contributed by atoms with Crippen molar-refractivity contribution in [2.45, 2.75) is 45.2 Å². The van der Waals surface area contributed by atoms with Gasteiger partial charge in [0.15, 0.2) is 0 Å². The van der Waals surface area contributed by atoms with Crippen LogP contribution in [0.5, 0.6) is 0 Å². The van der Waals surface area contributed by atoms with Crippen molar-refractivity contribution < 1.29 is 4.79 Å². The fraction of sp³-hybridized carbons (Fsp3) is 0.500. The minimum Gasteiger partial charge on any atom is -0.371 e. The molecule has 1 aromatic heterocycles. The fourth-order valence-corrected chi connectivity index (χ4v) is 3.40. The van der Waals surface area contributed by atoms with Crippen molar-refractivity contribution in [3.05, 3.63) is 42.2 Å². The lowest BCUT2D eigenvalue weighted by Crippen LogP contribution is -2.40. The van der Waals surface area contributed by atoms with Gasteiger partial charge < -0.3 is 15.5 Å². The smallest absolute Gasteiger partial charge is 0.241 e. The Morgan fingerprint density at radius 1 is 1.31 bits per heavy atom. The summed E-state index contributed by atoms with van der Waals surface area (Å²) in [6.07, 6.45) is 8.03. The summed E-state index contributed by atoms with van der Waals surface area (Å²) in [5, 5.41) is 10.6. The maximum atomic E-state index is 12.8. The van der Waals surface area contributed by atoms with Crippen LogP contribution in [0.2, 0.25) is 0 Å². The molecule has 2 N–H and O–H groups in total. The van der Waals surface area contributed by atoms with Crippen LogP contribution in [-0.2, 0) is 18.4 Å². The standard InChI is InChI=1S/C20H29N5O/c1-3-7-19(21-13-16-14-22-24(2)15-16)20(26)23-17-8-6-9-18(12-17)25-10-4-5-11-25/h6,8-9,12,14-15,19,21H,3-5,7,10-11,13H2,1-2H3,(H,23,26). The van der Waals surface area contributed by atoms with Crippen LogP contribution in [0.3, 0.4) is 0 Å². The van der Waals surface area contributed by atoms with E-state index in [0.29, 0.717) is 6.54 Å². The third-order valence-corrected chi connectivity index (χ3v) is 4.79. The van der Waals surface area contributed by atoms with Gasteiger partial charge in [0.05, 0.1) is 12.2 Å². The lowest BCUT2D eigenvalue weighted by molar-refractivity contribution is -0.118. The lowest BCUT2D eigenvalue weighted by Gasteiger charge is -2.20. The molecule has 6 nitrogen and oxygen atoms in total. The van der Waals surface area contributed by atoms with Gasteiger partial charge in [0.1, 0.15) is 0 Å². The minimum absolute atomic E-state index is 0.0225. The van der Waals surface area contributed by atoms with Gasteiger partial charge in [-0.15, -0.1) is 0 Å². The van der Waals surface area contributed by atoms with Crippen LogP contribution in [0, 0.1) is 0 Å². The maximum absolute atomic E-state index is 12.8. The molecule has 6 heteroatoms. The molecule has 1 unspecified atom stereocenters. The Morgan fingerprint density at radius 2 is 2.12 bits per heavy atom. The second-order valence-electron chi connectivity index (χ2n) is 6.98. The summed E-state index contributed by atoms with van der Waals surface area (Å²) in [6.45, 7) is 4.94. The highest BCUT2D eigenvalue weighted by Gasteiger charge is 2.18. The van der Waals surface area contributed by atoms with E-state index in [1.807, 2.05) is 31.6 Å². The monoisotopic (exact) mass is 355 g/mol. The molecule has 0 bridgehead atoms. The Hall–Kier alpha value is -2.34. The van der Waals surface area contributed by atoms with E-state index in [1.165, 1.54) is 18.5 Å². The van der Waals surface area contributed by atoms with Gasteiger partial charge in [0, 0.05) is 49.8 Å². The highest BCUT2D eigenvalue weighted by Crippen LogP contribution is 2.23. The Balaban J connectivity index is 1.60. The van der Waals surface area contributed by atoms with E-state index in [1.54, 1.807) is 4.68 Å². The van der Waals surface area contributed by atoms with Gasteiger partial charge in [-0.3, -0.25) is 9.48 Å². The first-order valence-electron chi connectivity index (χ1n) is 9.52. The van der Waals surface area contributed by atoms with E-state index < -0.39 is 0 Å². The van der Waals surface area contributed by atoms with Gasteiger partial charge >= 0.3 is 0 Å². The predicted molar refractivity (Wildman–Crippen MR) is 105 cm³/mol. The quantitative estimate of drug-likeness (QED) is 0.764. The van der Waals surface area contributed by atoms with E-state index in [0.717, 1.165) is 37.2 Å². The number of nitrogens with one attached hydrogen (secondary N) is 2. The largest absolute Gasteiger partial charge is 0.371 e. The van der Waals surface area contributed by atoms with Crippen molar-refractivity contribution in [1.82, 2.24) is 15.1 Å². The Bertz CT molecular complexity index is 720. The fourth-order valence-electron chi connectivity index (χ4n) is 3.40. The topological polar surface area (TPSA) is 62.2 Å². The normalized spacial score (nSPS) is 15.2. The van der Waals surface area contributed by atoms with Crippen LogP contribution >= 0.6 is 0 Å². The molecule has 1 aliphatic rings. The Morgan fingerprint density at radius 3 is 2.81 bits per heavy atom. The Labute approximate surface area is 155 Å². The summed E-state index contributed by atoms with van der Waals surface area (Å²) in [5.74, 6) is 0.0225. The number of hydrogen-bond donors (Lipinski definition) is 2. The Kier molecular flexibility index (Phi) is 6.28. The van der Waals surface area contributed by atoms with Gasteiger partial charge in [0.25, 0.3) is 0 Å². The third-order valence-electron chi connectivity index (χ3n) is 4.79. The predicted octanol–water partition coefficient (Wildman–Crippen LogP) is 2.92. The molecule has 0 spiro atoms. The van der Waals surface area contributed by atoms with Gasteiger partial charge in [-0.25, -0.2) is 0 Å². The first-order chi connectivity index (χ1) is 12.7. The third kappa shape index (κ3) is 4.85. The number of anilines is 2. The number of aryl methyl sites for hydroxylation is 1. The van der Waals surface area contributed by atoms with Crippen molar-refractivity contribution >= 4 is 17.3 Å². The van der Waals surface area contributed by atoms with Crippen LogP contribution in [0.4, 0.5) is 11.4 Å². The average Bonchev–Trinajstić information content (AvgIpc) is 3.30. The zero-order valence-electron chi connectivity index (χ0n) is 15.7. The molecule has 1 aromatic carbocycles. The number of carbonyl (C=O) groups excluding carboxylic acids is 1. The highest BCUT2D eigenvalue weighted by molar-refractivity contribution is 5.95. The van der Waals surface area contributed by atoms with Crippen molar-refractivity contribution in [1.29, 1.82) is 0 Å². The van der Waals surface area contributed by atoms with E-state index >= 15 is 0 Å². The molecule has 1 fully saturated rings. The molecule has 0 saturated carbocycles. The van der Waals surface area contributed by atoms with Crippen LogP contribution in [0.15, 0.2) is 36.7 Å². The first kappa shape index (κ1) is 18.5. The first-order valence-corrected chi connectivity index (χ1v) is 9.52. The number of rotatable bonds is 8. The molecule has 1 aliphatic heterocycles. The van der Waals surface area contributed by atoms with Crippen LogP contribution in [0.25, 0.3) is 0 Å². The van der Waals surface area contributed by atoms with Crippen LogP contribution < -0.4 is 15.5 Å². The van der Waals surface area contributed by atoms with E-state index in [-0.39, 0.29) is 11.9 Å². The molecule has 0 aliphatic carbocycles. The molecule has 0 radical (unpaired) electrons. The van der Waals surface area contributed by atoms with Crippen molar-refractivity contribution in [3.63, 3.8) is 0 Å². The number of aromatic nitrogens is 2. The summed E-state index contributed by atoms with van der Waals surface area (Å²) in [6, 6.07) is 7.96. The molecular formula is C20H29N5O. The molecule has 3 rings (SSSR count). The molecule has 1 saturated heterocycles. The number of carbonyl (C=O) groups is 1. The molecule has 1 atom stereocenters. The maximum Gasteiger partial charge on any atom is 0.241 e. The molecular weight excluding hydrogens is 326 g/mol. The van der Waals surface area contributed by atoms with Crippen LogP contribution in [0.1, 0.15) is 38.2 Å². The van der Waals surface area contributed by atoms with E-state index in [4.69, 9.17) is 0 Å². The molecule has 26 heavy (non-hydrogen) atoms. The molecule has 140 valence electrons. The summed E-state index contributed by atoms with van der Waals surface area (Å²) in [4.78, 5) is 15.1. The van der Waals surface area contributed by atoms with Gasteiger partial charge in [-0.2, -0.15) is 5.10 Å². The second-order valence-corrected chi connectivity index (χ2v) is 6.98. The SMILES string of the molecule is CCCC(NCc1cnn(C)c1)C(=O)Nc1cccc(N2CCCC2)c1. The second kappa shape index (κ2) is 8.85. The molecule has 2 heterocycles.